The minimum absolute atomic E-state index is 0.273. The summed E-state index contributed by atoms with van der Waals surface area (Å²) in [5, 5.41) is 4.54. The van der Waals surface area contributed by atoms with E-state index in [0.717, 1.165) is 27.5 Å². The van der Waals surface area contributed by atoms with Crippen LogP contribution in [0.1, 0.15) is 22.3 Å². The van der Waals surface area contributed by atoms with Crippen molar-refractivity contribution >= 4 is 97.5 Å². The summed E-state index contributed by atoms with van der Waals surface area (Å²) in [5.74, 6) is 0.147. The molecule has 0 N–H and O–H groups in total. The molecule has 5 aromatic rings. The quantitative estimate of drug-likeness (QED) is 0.168. The van der Waals surface area contributed by atoms with Gasteiger partial charge in [0.05, 0.1) is 21.3 Å². The van der Waals surface area contributed by atoms with Crippen LogP contribution in [0.25, 0.3) is 16.8 Å². The number of fused-ring (bicyclic) bond motifs is 1. The average molecular weight is 678 g/mol. The summed E-state index contributed by atoms with van der Waals surface area (Å²) in [6.45, 7) is 4.10. The lowest BCUT2D eigenvalue weighted by molar-refractivity contribution is -0.113. The molecule has 0 radical (unpaired) electrons. The second-order valence-corrected chi connectivity index (χ2v) is 12.9. The van der Waals surface area contributed by atoms with Gasteiger partial charge in [0.25, 0.3) is 5.91 Å². The SMILES string of the molecule is Cc1ccc(N=C2S/C(=C/c3cc(Cl)cc(Cl)c3OCc3cccc4ccccc34)C(=O)N2c2ccc(C)c(Cl)c2)cc1Cl. The van der Waals surface area contributed by atoms with Gasteiger partial charge in [0.15, 0.2) is 5.17 Å². The number of aryl methyl sites for hydroxylation is 2. The van der Waals surface area contributed by atoms with Gasteiger partial charge >= 0.3 is 0 Å². The van der Waals surface area contributed by atoms with E-state index in [1.807, 2.05) is 62.4 Å². The molecule has 0 atom stereocenters. The summed E-state index contributed by atoms with van der Waals surface area (Å²) in [6, 6.07) is 28.5. The number of rotatable bonds is 6. The number of amidine groups is 1. The maximum absolute atomic E-state index is 14.0. The topological polar surface area (TPSA) is 41.9 Å². The predicted molar refractivity (Wildman–Crippen MR) is 187 cm³/mol. The van der Waals surface area contributed by atoms with Crippen LogP contribution in [0, 0.1) is 13.8 Å². The van der Waals surface area contributed by atoms with Crippen molar-refractivity contribution in [2.75, 3.05) is 4.90 Å². The molecule has 9 heteroatoms. The Morgan fingerprint density at radius 3 is 2.32 bits per heavy atom. The Labute approximate surface area is 279 Å². The van der Waals surface area contributed by atoms with Gasteiger partial charge < -0.3 is 4.74 Å². The largest absolute Gasteiger partial charge is 0.487 e. The lowest BCUT2D eigenvalue weighted by Gasteiger charge is -2.17. The summed E-state index contributed by atoms with van der Waals surface area (Å²) in [5.41, 5.74) is 4.62. The fraction of sp³-hybridized carbons (Fsp3) is 0.0857. The van der Waals surface area contributed by atoms with Crippen LogP contribution in [0.3, 0.4) is 0 Å². The van der Waals surface area contributed by atoms with Gasteiger partial charge in [-0.1, -0.05) is 101 Å². The van der Waals surface area contributed by atoms with Gasteiger partial charge in [-0.3, -0.25) is 9.69 Å². The number of carbonyl (C=O) groups is 1. The van der Waals surface area contributed by atoms with Gasteiger partial charge in [-0.2, -0.15) is 0 Å². The van der Waals surface area contributed by atoms with Gasteiger partial charge in [0, 0.05) is 20.6 Å². The smallest absolute Gasteiger partial charge is 0.271 e. The normalized spacial score (nSPS) is 15.1. The molecule has 1 saturated heterocycles. The lowest BCUT2D eigenvalue weighted by Crippen LogP contribution is -2.28. The van der Waals surface area contributed by atoms with Crippen LogP contribution in [-0.2, 0) is 11.4 Å². The molecule has 1 heterocycles. The first kappa shape index (κ1) is 30.6. The van der Waals surface area contributed by atoms with E-state index >= 15 is 0 Å². The highest BCUT2D eigenvalue weighted by atomic mass is 35.5. The molecule has 1 aliphatic heterocycles. The zero-order valence-electron chi connectivity index (χ0n) is 23.6. The number of hydrogen-bond acceptors (Lipinski definition) is 4. The maximum atomic E-state index is 14.0. The highest BCUT2D eigenvalue weighted by Crippen LogP contribution is 2.41. The summed E-state index contributed by atoms with van der Waals surface area (Å²) in [6.07, 6.45) is 1.73. The van der Waals surface area contributed by atoms with Crippen molar-refractivity contribution in [3.05, 3.63) is 138 Å². The fourth-order valence-corrected chi connectivity index (χ4v) is 6.71. The van der Waals surface area contributed by atoms with Gasteiger partial charge in [0.2, 0.25) is 0 Å². The first-order valence-corrected chi connectivity index (χ1v) is 15.9. The van der Waals surface area contributed by atoms with Crippen LogP contribution in [-0.4, -0.2) is 11.1 Å². The van der Waals surface area contributed by atoms with Crippen LogP contribution >= 0.6 is 58.2 Å². The number of thioether (sulfide) groups is 1. The first-order chi connectivity index (χ1) is 21.2. The van der Waals surface area contributed by atoms with Crippen molar-refractivity contribution in [1.82, 2.24) is 0 Å². The zero-order chi connectivity index (χ0) is 31.0. The van der Waals surface area contributed by atoms with E-state index in [9.17, 15) is 4.79 Å². The molecule has 1 amide bonds. The Balaban J connectivity index is 1.40. The molecule has 1 aliphatic rings. The first-order valence-electron chi connectivity index (χ1n) is 13.6. The molecule has 0 spiro atoms. The summed E-state index contributed by atoms with van der Waals surface area (Å²) < 4.78 is 6.32. The summed E-state index contributed by atoms with van der Waals surface area (Å²) >= 11 is 27.2. The maximum Gasteiger partial charge on any atom is 0.271 e. The van der Waals surface area contributed by atoms with E-state index < -0.39 is 0 Å². The minimum Gasteiger partial charge on any atom is -0.487 e. The molecular formula is C35H24Cl4N2O2S. The van der Waals surface area contributed by atoms with Gasteiger partial charge in [0.1, 0.15) is 12.4 Å². The molecule has 0 aliphatic carbocycles. The molecule has 4 nitrogen and oxygen atoms in total. The Morgan fingerprint density at radius 1 is 0.818 bits per heavy atom. The van der Waals surface area contributed by atoms with Crippen molar-refractivity contribution in [2.24, 2.45) is 4.99 Å². The van der Waals surface area contributed by atoms with Crippen LogP contribution in [0.2, 0.25) is 20.1 Å². The third-order valence-corrected chi connectivity index (χ3v) is 9.46. The second-order valence-electron chi connectivity index (χ2n) is 10.2. The van der Waals surface area contributed by atoms with Crippen molar-refractivity contribution in [1.29, 1.82) is 0 Å². The van der Waals surface area contributed by atoms with Crippen molar-refractivity contribution in [2.45, 2.75) is 20.5 Å². The summed E-state index contributed by atoms with van der Waals surface area (Å²) in [7, 11) is 0. The van der Waals surface area contributed by atoms with E-state index in [1.54, 1.807) is 35.2 Å². The standard InChI is InChI=1S/C35H24Cl4N2O2S/c1-20-10-12-26(17-29(20)37)40-35-41(27-13-11-21(2)30(38)18-27)34(42)32(44-35)15-24-14-25(36)16-31(39)33(24)43-19-23-8-5-7-22-6-3-4-9-28(22)23/h3-18H,19H2,1-2H3/b32-15+,40-35?. The summed E-state index contributed by atoms with van der Waals surface area (Å²) in [4.78, 5) is 20.8. The van der Waals surface area contributed by atoms with Crippen LogP contribution in [0.15, 0.2) is 101 Å². The zero-order valence-corrected chi connectivity index (χ0v) is 27.4. The number of carbonyl (C=O) groups excluding carboxylic acids is 1. The molecule has 0 bridgehead atoms. The molecule has 1 fully saturated rings. The highest BCUT2D eigenvalue weighted by Gasteiger charge is 2.35. The molecule has 5 aromatic carbocycles. The number of benzene rings is 5. The number of anilines is 1. The number of ether oxygens (including phenoxy) is 1. The molecule has 6 rings (SSSR count). The Morgan fingerprint density at radius 2 is 1.55 bits per heavy atom. The number of aliphatic imine (C=N–C) groups is 1. The van der Waals surface area contributed by atoms with E-state index in [2.05, 4.69) is 18.2 Å². The van der Waals surface area contributed by atoms with Crippen molar-refractivity contribution < 1.29 is 9.53 Å². The molecular weight excluding hydrogens is 654 g/mol. The van der Waals surface area contributed by atoms with Crippen LogP contribution in [0.4, 0.5) is 11.4 Å². The Kier molecular flexibility index (Phi) is 8.95. The van der Waals surface area contributed by atoms with Gasteiger partial charge in [-0.25, -0.2) is 4.99 Å². The molecule has 44 heavy (non-hydrogen) atoms. The van der Waals surface area contributed by atoms with E-state index in [4.69, 9.17) is 56.1 Å². The van der Waals surface area contributed by atoms with Gasteiger partial charge in [-0.15, -0.1) is 0 Å². The van der Waals surface area contributed by atoms with Crippen molar-refractivity contribution in [3.8, 4) is 5.75 Å². The lowest BCUT2D eigenvalue weighted by atomic mass is 10.1. The highest BCUT2D eigenvalue weighted by molar-refractivity contribution is 8.19. The minimum atomic E-state index is -0.275. The number of amides is 1. The fourth-order valence-electron chi connectivity index (χ4n) is 4.81. The van der Waals surface area contributed by atoms with E-state index in [0.29, 0.717) is 52.9 Å². The van der Waals surface area contributed by atoms with E-state index in [-0.39, 0.29) is 12.5 Å². The van der Waals surface area contributed by atoms with E-state index in [1.165, 1.54) is 11.8 Å². The van der Waals surface area contributed by atoms with Crippen LogP contribution < -0.4 is 9.64 Å². The molecule has 220 valence electrons. The number of hydrogen-bond donors (Lipinski definition) is 0. The third kappa shape index (κ3) is 6.35. The Bertz CT molecular complexity index is 2000. The molecule has 0 saturated carbocycles. The average Bonchev–Trinajstić information content (AvgIpc) is 3.29. The number of nitrogens with zero attached hydrogens (tertiary/aromatic N) is 2. The predicted octanol–water partition coefficient (Wildman–Crippen LogP) is 11.5. The van der Waals surface area contributed by atoms with Crippen molar-refractivity contribution in [3.63, 3.8) is 0 Å². The molecule has 0 aromatic heterocycles. The second kappa shape index (κ2) is 12.9. The number of halogens is 4. The van der Waals surface area contributed by atoms with Gasteiger partial charge in [-0.05, 0) is 95.5 Å². The monoisotopic (exact) mass is 676 g/mol. The third-order valence-electron chi connectivity index (χ3n) is 7.18. The Hall–Kier alpha value is -3.45. The molecule has 0 unspecified atom stereocenters. The van der Waals surface area contributed by atoms with Crippen LogP contribution in [0.5, 0.6) is 5.75 Å².